The van der Waals surface area contributed by atoms with Crippen molar-refractivity contribution in [2.75, 3.05) is 10.6 Å². The SMILES string of the molecule is O=[N+]([O-])c1ccc2c(c1)OC(C1(c3ccsc3)Nc3ccc([N+](=O)[O-])cc3O1)N2. The smallest absolute Gasteiger partial charge is 0.273 e. The Balaban J connectivity index is 1.54. The van der Waals surface area contributed by atoms with Crippen LogP contribution < -0.4 is 20.1 Å². The van der Waals surface area contributed by atoms with Gasteiger partial charge in [0.25, 0.3) is 17.1 Å². The van der Waals surface area contributed by atoms with Crippen molar-refractivity contribution in [3.8, 4) is 11.5 Å². The average molecular weight is 412 g/mol. The van der Waals surface area contributed by atoms with Gasteiger partial charge in [-0.1, -0.05) is 0 Å². The molecule has 10 nitrogen and oxygen atoms in total. The van der Waals surface area contributed by atoms with Gasteiger partial charge in [-0.2, -0.15) is 11.3 Å². The van der Waals surface area contributed by atoms with Crippen molar-refractivity contribution in [2.45, 2.75) is 12.0 Å². The lowest BCUT2D eigenvalue weighted by Gasteiger charge is -2.33. The number of ether oxygens (including phenoxy) is 2. The van der Waals surface area contributed by atoms with Crippen LogP contribution in [-0.4, -0.2) is 16.1 Å². The summed E-state index contributed by atoms with van der Waals surface area (Å²) in [5.74, 6) is 0.642. The minimum Gasteiger partial charge on any atom is -0.461 e. The Bertz CT molecular complexity index is 1150. The lowest BCUT2D eigenvalue weighted by atomic mass is 10.0. The number of thiophene rings is 1. The molecule has 1 aromatic heterocycles. The van der Waals surface area contributed by atoms with Gasteiger partial charge in [0.2, 0.25) is 6.23 Å². The van der Waals surface area contributed by atoms with E-state index in [-0.39, 0.29) is 11.4 Å². The van der Waals surface area contributed by atoms with Crippen LogP contribution in [0.5, 0.6) is 11.5 Å². The summed E-state index contributed by atoms with van der Waals surface area (Å²) in [5.41, 5.74) is 0.518. The molecular formula is C18H12N4O6S. The van der Waals surface area contributed by atoms with E-state index in [1.807, 2.05) is 16.8 Å². The third-order valence-electron chi connectivity index (χ3n) is 4.79. The molecule has 0 saturated carbocycles. The van der Waals surface area contributed by atoms with Crippen LogP contribution in [0.2, 0.25) is 0 Å². The highest BCUT2D eigenvalue weighted by Crippen LogP contribution is 2.49. The van der Waals surface area contributed by atoms with E-state index in [2.05, 4.69) is 10.6 Å². The predicted molar refractivity (Wildman–Crippen MR) is 104 cm³/mol. The Morgan fingerprint density at radius 1 is 0.966 bits per heavy atom. The highest BCUT2D eigenvalue weighted by atomic mass is 32.1. The molecule has 0 amide bonds. The number of nitrogens with zero attached hydrogens (tertiary/aromatic N) is 2. The largest absolute Gasteiger partial charge is 0.461 e. The van der Waals surface area contributed by atoms with E-state index in [0.717, 1.165) is 5.56 Å². The second-order valence-corrected chi connectivity index (χ2v) is 7.27. The monoisotopic (exact) mass is 412 g/mol. The quantitative estimate of drug-likeness (QED) is 0.485. The standard InChI is InChI=1S/C18H12N4O6S/c23-21(24)11-1-3-13-15(7-11)27-17(19-13)18(10-5-6-29-9-10)20-14-4-2-12(22(25)26)8-16(14)28-18/h1-9,17,19-20H. The summed E-state index contributed by atoms with van der Waals surface area (Å²) in [5, 5.41) is 32.4. The third kappa shape index (κ3) is 2.63. The van der Waals surface area contributed by atoms with E-state index in [0.29, 0.717) is 22.9 Å². The number of benzene rings is 2. The van der Waals surface area contributed by atoms with Gasteiger partial charge in [0.05, 0.1) is 33.4 Å². The van der Waals surface area contributed by atoms with Gasteiger partial charge in [-0.05, 0) is 23.6 Å². The molecule has 29 heavy (non-hydrogen) atoms. The summed E-state index contributed by atoms with van der Waals surface area (Å²) in [6.45, 7) is 0. The van der Waals surface area contributed by atoms with Gasteiger partial charge < -0.3 is 20.1 Å². The van der Waals surface area contributed by atoms with Crippen molar-refractivity contribution in [2.24, 2.45) is 0 Å². The van der Waals surface area contributed by atoms with Gasteiger partial charge >= 0.3 is 0 Å². The van der Waals surface area contributed by atoms with E-state index in [1.165, 1.54) is 35.6 Å². The molecule has 0 radical (unpaired) electrons. The van der Waals surface area contributed by atoms with E-state index in [4.69, 9.17) is 9.47 Å². The van der Waals surface area contributed by atoms with Crippen molar-refractivity contribution < 1.29 is 19.3 Å². The molecule has 146 valence electrons. The minimum atomic E-state index is -1.22. The average Bonchev–Trinajstić information content (AvgIpc) is 3.43. The molecule has 0 saturated heterocycles. The molecule has 0 spiro atoms. The fraction of sp³-hybridized carbons (Fsp3) is 0.111. The predicted octanol–water partition coefficient (Wildman–Crippen LogP) is 4.05. The second-order valence-electron chi connectivity index (χ2n) is 6.49. The summed E-state index contributed by atoms with van der Waals surface area (Å²) < 4.78 is 12.2. The maximum absolute atomic E-state index is 11.1. The molecule has 2 aliphatic heterocycles. The van der Waals surface area contributed by atoms with Gasteiger partial charge in [-0.3, -0.25) is 20.2 Å². The molecule has 2 N–H and O–H groups in total. The molecule has 2 aromatic carbocycles. The molecule has 3 heterocycles. The minimum absolute atomic E-state index is 0.0880. The zero-order chi connectivity index (χ0) is 20.2. The van der Waals surface area contributed by atoms with Gasteiger partial charge in [0.1, 0.15) is 0 Å². The second kappa shape index (κ2) is 6.07. The highest BCUT2D eigenvalue weighted by molar-refractivity contribution is 7.08. The molecule has 5 rings (SSSR count). The fourth-order valence-corrected chi connectivity index (χ4v) is 4.12. The van der Waals surface area contributed by atoms with Crippen LogP contribution >= 0.6 is 11.3 Å². The number of fused-ring (bicyclic) bond motifs is 2. The molecule has 0 aliphatic carbocycles. The van der Waals surface area contributed by atoms with Crippen molar-refractivity contribution >= 4 is 34.1 Å². The molecule has 2 aliphatic rings. The Morgan fingerprint density at radius 3 is 2.31 bits per heavy atom. The molecular weight excluding hydrogens is 400 g/mol. The van der Waals surface area contributed by atoms with Crippen LogP contribution in [-0.2, 0) is 5.72 Å². The summed E-state index contributed by atoms with van der Waals surface area (Å²) in [7, 11) is 0. The third-order valence-corrected chi connectivity index (χ3v) is 5.48. The van der Waals surface area contributed by atoms with Crippen LogP contribution in [0.3, 0.4) is 0 Å². The molecule has 11 heteroatoms. The lowest BCUT2D eigenvalue weighted by Crippen LogP contribution is -2.53. The van der Waals surface area contributed by atoms with Crippen LogP contribution in [0.4, 0.5) is 22.7 Å². The van der Waals surface area contributed by atoms with Crippen molar-refractivity contribution in [3.05, 3.63) is 79.0 Å². The molecule has 2 unspecified atom stereocenters. The van der Waals surface area contributed by atoms with Crippen LogP contribution in [0.15, 0.2) is 53.2 Å². The number of hydrogen-bond acceptors (Lipinski definition) is 9. The fourth-order valence-electron chi connectivity index (χ4n) is 3.41. The maximum Gasteiger partial charge on any atom is 0.273 e. The lowest BCUT2D eigenvalue weighted by molar-refractivity contribution is -0.385. The molecule has 3 aromatic rings. The van der Waals surface area contributed by atoms with Crippen molar-refractivity contribution in [1.82, 2.24) is 0 Å². The van der Waals surface area contributed by atoms with E-state index in [1.54, 1.807) is 12.1 Å². The van der Waals surface area contributed by atoms with E-state index < -0.39 is 21.8 Å². The molecule has 0 bridgehead atoms. The summed E-state index contributed by atoms with van der Waals surface area (Å²) in [4.78, 5) is 21.2. The van der Waals surface area contributed by atoms with Gasteiger partial charge in [-0.15, -0.1) is 0 Å². The number of nitro benzene ring substituents is 2. The van der Waals surface area contributed by atoms with Gasteiger partial charge in [0.15, 0.2) is 11.5 Å². The zero-order valence-electron chi connectivity index (χ0n) is 14.5. The number of nitro groups is 2. The normalized spacial score (nSPS) is 21.2. The number of hydrogen-bond donors (Lipinski definition) is 2. The highest BCUT2D eigenvalue weighted by Gasteiger charge is 2.52. The number of rotatable bonds is 4. The summed E-state index contributed by atoms with van der Waals surface area (Å²) in [6.07, 6.45) is -0.777. The summed E-state index contributed by atoms with van der Waals surface area (Å²) >= 11 is 1.46. The number of nitrogens with one attached hydrogen (secondary N) is 2. The molecule has 2 atom stereocenters. The van der Waals surface area contributed by atoms with Crippen molar-refractivity contribution in [1.29, 1.82) is 0 Å². The first-order valence-electron chi connectivity index (χ1n) is 8.46. The maximum atomic E-state index is 11.1. The van der Waals surface area contributed by atoms with Crippen LogP contribution in [0.25, 0.3) is 0 Å². The van der Waals surface area contributed by atoms with Crippen LogP contribution in [0.1, 0.15) is 5.56 Å². The number of anilines is 2. The Labute approximate surface area is 167 Å². The Morgan fingerprint density at radius 2 is 1.66 bits per heavy atom. The first-order chi connectivity index (χ1) is 14.0. The first kappa shape index (κ1) is 17.3. The van der Waals surface area contributed by atoms with Crippen LogP contribution in [0, 0.1) is 20.2 Å². The van der Waals surface area contributed by atoms with Crippen molar-refractivity contribution in [3.63, 3.8) is 0 Å². The van der Waals surface area contributed by atoms with Gasteiger partial charge in [-0.25, -0.2) is 0 Å². The van der Waals surface area contributed by atoms with E-state index in [9.17, 15) is 20.2 Å². The zero-order valence-corrected chi connectivity index (χ0v) is 15.3. The topological polar surface area (TPSA) is 129 Å². The molecule has 0 fully saturated rings. The number of non-ortho nitro benzene ring substituents is 2. The van der Waals surface area contributed by atoms with E-state index >= 15 is 0 Å². The summed E-state index contributed by atoms with van der Waals surface area (Å²) in [6, 6.07) is 10.5. The van der Waals surface area contributed by atoms with Gasteiger partial charge in [0, 0.05) is 23.1 Å². The Kier molecular flexibility index (Phi) is 3.61. The first-order valence-corrected chi connectivity index (χ1v) is 9.40. The Hall–Kier alpha value is -3.86.